The molecule has 128 valence electrons. The van der Waals surface area contributed by atoms with Gasteiger partial charge in [0.25, 0.3) is 5.91 Å². The Morgan fingerprint density at radius 1 is 1.16 bits per heavy atom. The van der Waals surface area contributed by atoms with E-state index in [0.29, 0.717) is 27.2 Å². The number of halogens is 1. The van der Waals surface area contributed by atoms with Gasteiger partial charge in [0.05, 0.1) is 24.9 Å². The van der Waals surface area contributed by atoms with E-state index in [1.807, 2.05) is 35.7 Å². The number of thiazole rings is 1. The van der Waals surface area contributed by atoms with Gasteiger partial charge in [0.15, 0.2) is 16.6 Å². The van der Waals surface area contributed by atoms with Crippen LogP contribution in [0.5, 0.6) is 11.5 Å². The van der Waals surface area contributed by atoms with Gasteiger partial charge in [0.2, 0.25) is 0 Å². The molecule has 0 fully saturated rings. The fraction of sp³-hybridized carbons (Fsp3) is 0.111. The summed E-state index contributed by atoms with van der Waals surface area (Å²) in [6, 6.07) is 12.9. The van der Waals surface area contributed by atoms with Crippen molar-refractivity contribution in [2.24, 2.45) is 0 Å². The first-order valence-corrected chi connectivity index (χ1v) is 8.62. The first kappa shape index (κ1) is 17.3. The molecular weight excluding hydrogens is 360 g/mol. The summed E-state index contributed by atoms with van der Waals surface area (Å²) < 4.78 is 10.4. The molecule has 0 aliphatic rings. The highest BCUT2D eigenvalue weighted by molar-refractivity contribution is 7.14. The van der Waals surface area contributed by atoms with E-state index in [9.17, 15) is 4.79 Å². The second-order valence-electron chi connectivity index (χ2n) is 5.05. The number of aromatic nitrogens is 1. The van der Waals surface area contributed by atoms with E-state index in [2.05, 4.69) is 10.3 Å². The zero-order valence-electron chi connectivity index (χ0n) is 13.6. The molecule has 1 heterocycles. The molecule has 0 aliphatic carbocycles. The summed E-state index contributed by atoms with van der Waals surface area (Å²) in [5.74, 6) is 0.461. The number of ether oxygens (including phenoxy) is 2. The average Bonchev–Trinajstić information content (AvgIpc) is 3.10. The molecule has 0 bridgehead atoms. The molecule has 0 radical (unpaired) electrons. The van der Waals surface area contributed by atoms with Gasteiger partial charge in [-0.1, -0.05) is 41.9 Å². The molecule has 1 amide bonds. The molecule has 7 heteroatoms. The topological polar surface area (TPSA) is 60.5 Å². The van der Waals surface area contributed by atoms with Gasteiger partial charge in [0, 0.05) is 16.5 Å². The van der Waals surface area contributed by atoms with Crippen LogP contribution in [0.1, 0.15) is 10.4 Å². The molecule has 0 saturated carbocycles. The Morgan fingerprint density at radius 3 is 2.60 bits per heavy atom. The van der Waals surface area contributed by atoms with Crippen LogP contribution >= 0.6 is 22.9 Å². The number of anilines is 1. The summed E-state index contributed by atoms with van der Waals surface area (Å²) in [4.78, 5) is 16.9. The van der Waals surface area contributed by atoms with Crippen LogP contribution in [0.3, 0.4) is 0 Å². The minimum Gasteiger partial charge on any atom is -0.493 e. The van der Waals surface area contributed by atoms with E-state index in [0.717, 1.165) is 11.3 Å². The first-order valence-electron chi connectivity index (χ1n) is 7.36. The van der Waals surface area contributed by atoms with Crippen LogP contribution in [0.4, 0.5) is 5.13 Å². The highest BCUT2D eigenvalue weighted by Crippen LogP contribution is 2.36. The van der Waals surface area contributed by atoms with Crippen molar-refractivity contribution in [2.75, 3.05) is 19.5 Å². The highest BCUT2D eigenvalue weighted by atomic mass is 35.5. The van der Waals surface area contributed by atoms with Crippen molar-refractivity contribution >= 4 is 34.0 Å². The number of amides is 1. The lowest BCUT2D eigenvalue weighted by atomic mass is 10.2. The summed E-state index contributed by atoms with van der Waals surface area (Å²) in [6.07, 6.45) is 0. The van der Waals surface area contributed by atoms with Crippen molar-refractivity contribution < 1.29 is 14.3 Å². The zero-order chi connectivity index (χ0) is 17.8. The Hall–Kier alpha value is -2.57. The maximum Gasteiger partial charge on any atom is 0.257 e. The molecule has 5 nitrogen and oxygen atoms in total. The normalized spacial score (nSPS) is 10.4. The Balaban J connectivity index is 1.81. The lowest BCUT2D eigenvalue weighted by molar-refractivity contribution is 0.102. The van der Waals surface area contributed by atoms with E-state index in [4.69, 9.17) is 21.1 Å². The molecule has 25 heavy (non-hydrogen) atoms. The van der Waals surface area contributed by atoms with Gasteiger partial charge in [-0.25, -0.2) is 4.98 Å². The van der Waals surface area contributed by atoms with Gasteiger partial charge >= 0.3 is 0 Å². The van der Waals surface area contributed by atoms with Crippen LogP contribution in [0, 0.1) is 0 Å². The van der Waals surface area contributed by atoms with E-state index in [-0.39, 0.29) is 5.91 Å². The second kappa shape index (κ2) is 7.55. The van der Waals surface area contributed by atoms with Crippen LogP contribution in [0.25, 0.3) is 11.3 Å². The maximum absolute atomic E-state index is 12.5. The molecule has 3 aromatic rings. The average molecular weight is 375 g/mol. The predicted molar refractivity (Wildman–Crippen MR) is 100 cm³/mol. The van der Waals surface area contributed by atoms with Crippen molar-refractivity contribution in [3.63, 3.8) is 0 Å². The van der Waals surface area contributed by atoms with E-state index >= 15 is 0 Å². The van der Waals surface area contributed by atoms with Crippen LogP contribution in [-0.2, 0) is 0 Å². The second-order valence-corrected chi connectivity index (χ2v) is 6.32. The fourth-order valence-electron chi connectivity index (χ4n) is 2.29. The Bertz CT molecular complexity index is 897. The summed E-state index contributed by atoms with van der Waals surface area (Å²) in [5.41, 5.74) is 2.17. The number of benzene rings is 2. The quantitative estimate of drug-likeness (QED) is 0.701. The van der Waals surface area contributed by atoms with Gasteiger partial charge in [-0.15, -0.1) is 11.3 Å². The monoisotopic (exact) mass is 374 g/mol. The van der Waals surface area contributed by atoms with Gasteiger partial charge < -0.3 is 9.47 Å². The molecule has 0 atom stereocenters. The summed E-state index contributed by atoms with van der Waals surface area (Å²) in [6.45, 7) is 0. The molecule has 0 spiro atoms. The third kappa shape index (κ3) is 3.75. The number of nitrogens with one attached hydrogen (secondary N) is 1. The smallest absolute Gasteiger partial charge is 0.257 e. The van der Waals surface area contributed by atoms with Gasteiger partial charge in [-0.3, -0.25) is 10.1 Å². The Labute approximate surface area is 154 Å². The third-order valence-corrected chi connectivity index (χ3v) is 4.53. The van der Waals surface area contributed by atoms with Crippen molar-refractivity contribution in [1.82, 2.24) is 4.98 Å². The zero-order valence-corrected chi connectivity index (χ0v) is 15.1. The highest BCUT2D eigenvalue weighted by Gasteiger charge is 2.16. The lowest BCUT2D eigenvalue weighted by Crippen LogP contribution is -2.12. The molecule has 1 N–H and O–H groups in total. The predicted octanol–water partition coefficient (Wildman–Crippen LogP) is 4.73. The maximum atomic E-state index is 12.5. The van der Waals surface area contributed by atoms with Gasteiger partial charge in [-0.2, -0.15) is 0 Å². The van der Waals surface area contributed by atoms with Crippen molar-refractivity contribution in [3.05, 3.63) is 58.4 Å². The largest absolute Gasteiger partial charge is 0.493 e. The van der Waals surface area contributed by atoms with Crippen LogP contribution in [0.2, 0.25) is 5.02 Å². The molecule has 0 aliphatic heterocycles. The molecule has 1 aromatic heterocycles. The molecular formula is C18H15ClN2O3S. The standard InChI is InChI=1S/C18H15ClN2O3S/c1-23-15-9-12(8-13(19)16(15)24-2)17(22)21-18-20-14(10-25-18)11-6-4-3-5-7-11/h3-10H,1-2H3,(H,20,21,22). The Morgan fingerprint density at radius 2 is 1.92 bits per heavy atom. The van der Waals surface area contributed by atoms with E-state index in [1.54, 1.807) is 6.07 Å². The number of hydrogen-bond donors (Lipinski definition) is 1. The first-order chi connectivity index (χ1) is 12.1. The van der Waals surface area contributed by atoms with Crippen molar-refractivity contribution in [2.45, 2.75) is 0 Å². The van der Waals surface area contributed by atoms with Crippen LogP contribution < -0.4 is 14.8 Å². The summed E-state index contributed by atoms with van der Waals surface area (Å²) in [7, 11) is 2.98. The Kier molecular flexibility index (Phi) is 5.21. The van der Waals surface area contributed by atoms with Crippen molar-refractivity contribution in [1.29, 1.82) is 0 Å². The fourth-order valence-corrected chi connectivity index (χ4v) is 3.29. The number of nitrogens with zero attached hydrogens (tertiary/aromatic N) is 1. The van der Waals surface area contributed by atoms with E-state index in [1.165, 1.54) is 31.6 Å². The summed E-state index contributed by atoms with van der Waals surface area (Å²) >= 11 is 7.50. The third-order valence-electron chi connectivity index (χ3n) is 3.49. The summed E-state index contributed by atoms with van der Waals surface area (Å²) in [5, 5.41) is 5.48. The molecule has 2 aromatic carbocycles. The van der Waals surface area contributed by atoms with E-state index < -0.39 is 0 Å². The van der Waals surface area contributed by atoms with Crippen LogP contribution in [0.15, 0.2) is 47.8 Å². The number of carbonyl (C=O) groups excluding carboxylic acids is 1. The minimum absolute atomic E-state index is 0.302. The number of hydrogen-bond acceptors (Lipinski definition) is 5. The SMILES string of the molecule is COc1cc(C(=O)Nc2nc(-c3ccccc3)cs2)cc(Cl)c1OC. The van der Waals surface area contributed by atoms with Crippen LogP contribution in [-0.4, -0.2) is 25.1 Å². The lowest BCUT2D eigenvalue weighted by Gasteiger charge is -2.11. The number of rotatable bonds is 5. The molecule has 3 rings (SSSR count). The van der Waals surface area contributed by atoms with Crippen molar-refractivity contribution in [3.8, 4) is 22.8 Å². The minimum atomic E-state index is -0.322. The van der Waals surface area contributed by atoms with Gasteiger partial charge in [0.1, 0.15) is 0 Å². The van der Waals surface area contributed by atoms with Gasteiger partial charge in [-0.05, 0) is 12.1 Å². The molecule has 0 unspecified atom stereocenters. The molecule has 0 saturated heterocycles. The number of methoxy groups -OCH3 is 2. The number of carbonyl (C=O) groups is 1.